The maximum atomic E-state index is 11.8. The van der Waals surface area contributed by atoms with Crippen LogP contribution in [0.4, 0.5) is 0 Å². The third-order valence-corrected chi connectivity index (χ3v) is 2.22. The van der Waals surface area contributed by atoms with Gasteiger partial charge < -0.3 is 10.6 Å². The number of carbonyl (C=O) groups is 2. The molecule has 2 N–H and O–H groups in total. The van der Waals surface area contributed by atoms with Crippen molar-refractivity contribution in [3.8, 4) is 0 Å². The van der Waals surface area contributed by atoms with Crippen molar-refractivity contribution < 1.29 is 9.59 Å². The van der Waals surface area contributed by atoms with Crippen LogP contribution in [0.2, 0.25) is 0 Å². The Bertz CT molecular complexity index is 430. The molecule has 0 spiro atoms. The lowest BCUT2D eigenvalue weighted by molar-refractivity contribution is 0.0942. The zero-order chi connectivity index (χ0) is 13.5. The standard InChI is InChI=1S/C13H19N3O2/c1-4-5-15-12(17)10-6-11(8-14-7-10)13(18)16-9(2)3/h6-9H,4-5H2,1-3H3,(H,15,17)(H,16,18). The van der Waals surface area contributed by atoms with Crippen molar-refractivity contribution in [2.45, 2.75) is 33.2 Å². The summed E-state index contributed by atoms with van der Waals surface area (Å²) in [6.45, 7) is 6.35. The minimum Gasteiger partial charge on any atom is -0.352 e. The molecule has 0 saturated carbocycles. The van der Waals surface area contributed by atoms with Gasteiger partial charge in [0.05, 0.1) is 11.1 Å². The van der Waals surface area contributed by atoms with E-state index in [1.54, 1.807) is 6.07 Å². The largest absolute Gasteiger partial charge is 0.352 e. The van der Waals surface area contributed by atoms with Gasteiger partial charge in [-0.05, 0) is 26.3 Å². The van der Waals surface area contributed by atoms with Crippen molar-refractivity contribution in [3.63, 3.8) is 0 Å². The lowest BCUT2D eigenvalue weighted by atomic mass is 10.1. The number of pyridine rings is 1. The van der Waals surface area contributed by atoms with Crippen LogP contribution in [-0.2, 0) is 0 Å². The molecule has 0 atom stereocenters. The van der Waals surface area contributed by atoms with Crippen LogP contribution in [-0.4, -0.2) is 29.4 Å². The van der Waals surface area contributed by atoms with E-state index in [-0.39, 0.29) is 17.9 Å². The minimum absolute atomic E-state index is 0.0510. The first kappa shape index (κ1) is 14.2. The second kappa shape index (κ2) is 6.74. The zero-order valence-corrected chi connectivity index (χ0v) is 11.0. The Hall–Kier alpha value is -1.91. The van der Waals surface area contributed by atoms with Gasteiger partial charge in [0.25, 0.3) is 11.8 Å². The molecule has 0 aromatic carbocycles. The predicted molar refractivity (Wildman–Crippen MR) is 69.5 cm³/mol. The summed E-state index contributed by atoms with van der Waals surface area (Å²) in [5.41, 5.74) is 0.799. The first-order valence-corrected chi connectivity index (χ1v) is 6.08. The smallest absolute Gasteiger partial charge is 0.253 e. The van der Waals surface area contributed by atoms with Crippen LogP contribution in [0.5, 0.6) is 0 Å². The van der Waals surface area contributed by atoms with E-state index in [4.69, 9.17) is 0 Å². The highest BCUT2D eigenvalue weighted by Gasteiger charge is 2.11. The predicted octanol–water partition coefficient (Wildman–Crippen LogP) is 1.36. The zero-order valence-electron chi connectivity index (χ0n) is 11.0. The number of amides is 2. The van der Waals surface area contributed by atoms with Crippen LogP contribution in [0.15, 0.2) is 18.5 Å². The Morgan fingerprint density at radius 1 is 1.22 bits per heavy atom. The molecule has 0 bridgehead atoms. The molecule has 0 fully saturated rings. The highest BCUT2D eigenvalue weighted by molar-refractivity contribution is 5.99. The SMILES string of the molecule is CCCNC(=O)c1cncc(C(=O)NC(C)C)c1. The second-order valence-electron chi connectivity index (χ2n) is 4.35. The van der Waals surface area contributed by atoms with Crippen molar-refractivity contribution in [3.05, 3.63) is 29.6 Å². The fraction of sp³-hybridized carbons (Fsp3) is 0.462. The summed E-state index contributed by atoms with van der Waals surface area (Å²) < 4.78 is 0. The van der Waals surface area contributed by atoms with E-state index < -0.39 is 0 Å². The highest BCUT2D eigenvalue weighted by atomic mass is 16.2. The number of hydrogen-bond acceptors (Lipinski definition) is 3. The van der Waals surface area contributed by atoms with Gasteiger partial charge in [-0.15, -0.1) is 0 Å². The van der Waals surface area contributed by atoms with Gasteiger partial charge in [0.2, 0.25) is 0 Å². The van der Waals surface area contributed by atoms with Gasteiger partial charge in [-0.1, -0.05) is 6.92 Å². The summed E-state index contributed by atoms with van der Waals surface area (Å²) in [6, 6.07) is 1.60. The Labute approximate surface area is 107 Å². The summed E-state index contributed by atoms with van der Waals surface area (Å²) >= 11 is 0. The molecule has 18 heavy (non-hydrogen) atoms. The number of carbonyl (C=O) groups excluding carboxylic acids is 2. The topological polar surface area (TPSA) is 71.1 Å². The number of aromatic nitrogens is 1. The van der Waals surface area contributed by atoms with Gasteiger partial charge in [-0.25, -0.2) is 0 Å². The molecular weight excluding hydrogens is 230 g/mol. The van der Waals surface area contributed by atoms with Crippen LogP contribution in [0, 0.1) is 0 Å². The van der Waals surface area contributed by atoms with Gasteiger partial charge in [0, 0.05) is 25.0 Å². The number of rotatable bonds is 5. The van der Waals surface area contributed by atoms with Crippen LogP contribution >= 0.6 is 0 Å². The number of hydrogen-bond donors (Lipinski definition) is 2. The summed E-state index contributed by atoms with van der Waals surface area (Å²) in [4.78, 5) is 27.4. The minimum atomic E-state index is -0.220. The summed E-state index contributed by atoms with van der Waals surface area (Å²) in [5, 5.41) is 5.50. The molecule has 0 aliphatic heterocycles. The molecule has 0 saturated heterocycles. The van der Waals surface area contributed by atoms with Crippen molar-refractivity contribution in [1.29, 1.82) is 0 Å². The highest BCUT2D eigenvalue weighted by Crippen LogP contribution is 2.03. The molecule has 2 amide bonds. The normalized spacial score (nSPS) is 10.2. The fourth-order valence-corrected chi connectivity index (χ4v) is 1.37. The van der Waals surface area contributed by atoms with Gasteiger partial charge >= 0.3 is 0 Å². The van der Waals surface area contributed by atoms with Gasteiger partial charge in [0.1, 0.15) is 0 Å². The molecule has 98 valence electrons. The lowest BCUT2D eigenvalue weighted by Gasteiger charge is -2.09. The van der Waals surface area contributed by atoms with E-state index in [0.29, 0.717) is 17.7 Å². The van der Waals surface area contributed by atoms with E-state index in [1.165, 1.54) is 12.4 Å². The summed E-state index contributed by atoms with van der Waals surface area (Å²) in [5.74, 6) is -0.425. The first-order valence-electron chi connectivity index (χ1n) is 6.08. The molecule has 1 heterocycles. The van der Waals surface area contributed by atoms with Gasteiger partial charge in [-0.3, -0.25) is 14.6 Å². The van der Waals surface area contributed by atoms with E-state index in [0.717, 1.165) is 6.42 Å². The van der Waals surface area contributed by atoms with E-state index in [1.807, 2.05) is 20.8 Å². The average molecular weight is 249 g/mol. The molecule has 1 rings (SSSR count). The van der Waals surface area contributed by atoms with Crippen LogP contribution < -0.4 is 10.6 Å². The number of nitrogens with zero attached hydrogens (tertiary/aromatic N) is 1. The van der Waals surface area contributed by atoms with Crippen LogP contribution in [0.3, 0.4) is 0 Å². The first-order chi connectivity index (χ1) is 8.54. The maximum Gasteiger partial charge on any atom is 0.253 e. The molecule has 1 aromatic rings. The Morgan fingerprint density at radius 3 is 2.39 bits per heavy atom. The molecule has 1 aromatic heterocycles. The van der Waals surface area contributed by atoms with E-state index in [2.05, 4.69) is 15.6 Å². The molecule has 5 heteroatoms. The van der Waals surface area contributed by atoms with Crippen molar-refractivity contribution >= 4 is 11.8 Å². The van der Waals surface area contributed by atoms with Crippen molar-refractivity contribution in [1.82, 2.24) is 15.6 Å². The van der Waals surface area contributed by atoms with E-state index in [9.17, 15) is 9.59 Å². The Kier molecular flexibility index (Phi) is 5.30. The van der Waals surface area contributed by atoms with Gasteiger partial charge in [0.15, 0.2) is 0 Å². The average Bonchev–Trinajstić information content (AvgIpc) is 2.35. The summed E-state index contributed by atoms with van der Waals surface area (Å²) in [6.07, 6.45) is 3.78. The fourth-order valence-electron chi connectivity index (χ4n) is 1.37. The monoisotopic (exact) mass is 249 g/mol. The Morgan fingerprint density at radius 2 is 1.83 bits per heavy atom. The third-order valence-electron chi connectivity index (χ3n) is 2.22. The molecular formula is C13H19N3O2. The lowest BCUT2D eigenvalue weighted by Crippen LogP contribution is -2.30. The van der Waals surface area contributed by atoms with Crippen molar-refractivity contribution in [2.75, 3.05) is 6.54 Å². The van der Waals surface area contributed by atoms with Crippen molar-refractivity contribution in [2.24, 2.45) is 0 Å². The molecule has 0 radical (unpaired) electrons. The van der Waals surface area contributed by atoms with Crippen LogP contribution in [0.1, 0.15) is 47.9 Å². The second-order valence-corrected chi connectivity index (χ2v) is 4.35. The maximum absolute atomic E-state index is 11.8. The van der Waals surface area contributed by atoms with Crippen LogP contribution in [0.25, 0.3) is 0 Å². The van der Waals surface area contributed by atoms with Gasteiger partial charge in [-0.2, -0.15) is 0 Å². The third kappa shape index (κ3) is 4.16. The molecule has 0 aliphatic carbocycles. The molecule has 5 nitrogen and oxygen atoms in total. The van der Waals surface area contributed by atoms with E-state index >= 15 is 0 Å². The summed E-state index contributed by atoms with van der Waals surface area (Å²) in [7, 11) is 0. The molecule has 0 unspecified atom stereocenters. The Balaban J connectivity index is 2.79. The quantitative estimate of drug-likeness (QED) is 0.827. The molecule has 0 aliphatic rings. The number of nitrogens with one attached hydrogen (secondary N) is 2.